The maximum absolute atomic E-state index is 4.16. The van der Waals surface area contributed by atoms with Crippen molar-refractivity contribution in [3.05, 3.63) is 18.5 Å². The minimum absolute atomic E-state index is 0.901. The van der Waals surface area contributed by atoms with Crippen LogP contribution in [0.4, 0.5) is 0 Å². The van der Waals surface area contributed by atoms with Crippen LogP contribution in [0.15, 0.2) is 12.7 Å². The number of aromatic nitrogens is 3. The molecule has 2 rings (SSSR count). The fourth-order valence-electron chi connectivity index (χ4n) is 2.34. The van der Waals surface area contributed by atoms with Crippen LogP contribution in [0.3, 0.4) is 0 Å². The zero-order valence-corrected chi connectivity index (χ0v) is 9.39. The van der Waals surface area contributed by atoms with E-state index in [1.54, 1.807) is 12.7 Å². The van der Waals surface area contributed by atoms with Gasteiger partial charge in [-0.1, -0.05) is 32.6 Å². The number of nitrogens with zero attached hydrogens (tertiary/aromatic N) is 3. The van der Waals surface area contributed by atoms with Crippen LogP contribution in [-0.2, 0) is 6.42 Å². The van der Waals surface area contributed by atoms with Crippen LogP contribution >= 0.6 is 0 Å². The molecular weight excluding hydrogens is 186 g/mol. The molecule has 0 saturated heterocycles. The summed E-state index contributed by atoms with van der Waals surface area (Å²) >= 11 is 0. The smallest absolute Gasteiger partial charge is 0.131 e. The van der Waals surface area contributed by atoms with Crippen LogP contribution in [0.25, 0.3) is 0 Å². The van der Waals surface area contributed by atoms with E-state index in [1.165, 1.54) is 32.1 Å². The minimum atomic E-state index is 0.901. The van der Waals surface area contributed by atoms with Gasteiger partial charge in [0.2, 0.25) is 0 Å². The molecule has 0 atom stereocenters. The summed E-state index contributed by atoms with van der Waals surface area (Å²) in [7, 11) is 0. The van der Waals surface area contributed by atoms with E-state index >= 15 is 0 Å². The Morgan fingerprint density at radius 3 is 2.47 bits per heavy atom. The Hall–Kier alpha value is -0.990. The Morgan fingerprint density at radius 1 is 1.13 bits per heavy atom. The van der Waals surface area contributed by atoms with Crippen LogP contribution in [0.5, 0.6) is 0 Å². The first-order chi connectivity index (χ1) is 7.34. The molecule has 3 nitrogen and oxygen atoms in total. The van der Waals surface area contributed by atoms with Crippen molar-refractivity contribution in [1.82, 2.24) is 15.0 Å². The monoisotopic (exact) mass is 205 g/mol. The Balaban J connectivity index is 1.74. The molecule has 1 aliphatic rings. The highest BCUT2D eigenvalue weighted by atomic mass is 15.0. The summed E-state index contributed by atoms with van der Waals surface area (Å²) in [6.45, 7) is 2.36. The number of hydrogen-bond donors (Lipinski definition) is 0. The predicted molar refractivity (Wildman–Crippen MR) is 59.3 cm³/mol. The summed E-state index contributed by atoms with van der Waals surface area (Å²) in [4.78, 5) is 12.1. The molecule has 1 aromatic heterocycles. The summed E-state index contributed by atoms with van der Waals surface area (Å²) in [5.41, 5.74) is 0. The third-order valence-corrected chi connectivity index (χ3v) is 3.46. The van der Waals surface area contributed by atoms with E-state index in [1.807, 2.05) is 0 Å². The maximum Gasteiger partial charge on any atom is 0.131 e. The Kier molecular flexibility index (Phi) is 3.64. The lowest BCUT2D eigenvalue weighted by Crippen LogP contribution is -2.13. The van der Waals surface area contributed by atoms with Crippen LogP contribution < -0.4 is 0 Å². The zero-order valence-electron chi connectivity index (χ0n) is 9.39. The van der Waals surface area contributed by atoms with Gasteiger partial charge in [-0.15, -0.1) is 0 Å². The van der Waals surface area contributed by atoms with E-state index in [-0.39, 0.29) is 0 Å². The molecule has 0 unspecified atom stereocenters. The van der Waals surface area contributed by atoms with Gasteiger partial charge in [-0.2, -0.15) is 0 Å². The topological polar surface area (TPSA) is 38.7 Å². The van der Waals surface area contributed by atoms with Gasteiger partial charge in [0.05, 0.1) is 0 Å². The van der Waals surface area contributed by atoms with E-state index in [0.717, 1.165) is 24.1 Å². The van der Waals surface area contributed by atoms with Gasteiger partial charge in [0.15, 0.2) is 0 Å². The number of hydrogen-bond acceptors (Lipinski definition) is 3. The van der Waals surface area contributed by atoms with Gasteiger partial charge >= 0.3 is 0 Å². The molecule has 15 heavy (non-hydrogen) atoms. The van der Waals surface area contributed by atoms with E-state index < -0.39 is 0 Å². The second kappa shape index (κ2) is 5.19. The second-order valence-electron chi connectivity index (χ2n) is 4.72. The second-order valence-corrected chi connectivity index (χ2v) is 4.72. The van der Waals surface area contributed by atoms with Gasteiger partial charge in [0, 0.05) is 6.42 Å². The Bertz CT molecular complexity index is 278. The fraction of sp³-hybridized carbons (Fsp3) is 0.750. The van der Waals surface area contributed by atoms with Crippen molar-refractivity contribution in [3.8, 4) is 0 Å². The van der Waals surface area contributed by atoms with Gasteiger partial charge in [0.1, 0.15) is 18.5 Å². The van der Waals surface area contributed by atoms with Gasteiger partial charge in [0.25, 0.3) is 0 Å². The van der Waals surface area contributed by atoms with Gasteiger partial charge < -0.3 is 0 Å². The summed E-state index contributed by atoms with van der Waals surface area (Å²) in [6.07, 6.45) is 11.0. The molecule has 1 saturated carbocycles. The van der Waals surface area contributed by atoms with Crippen LogP contribution in [0, 0.1) is 11.8 Å². The van der Waals surface area contributed by atoms with E-state index in [4.69, 9.17) is 0 Å². The summed E-state index contributed by atoms with van der Waals surface area (Å²) in [6, 6.07) is 0. The molecule has 82 valence electrons. The average Bonchev–Trinajstić information content (AvgIpc) is 2.30. The maximum atomic E-state index is 4.16. The molecule has 0 aromatic carbocycles. The Labute approximate surface area is 91.4 Å². The van der Waals surface area contributed by atoms with E-state index in [9.17, 15) is 0 Å². The first-order valence-electron chi connectivity index (χ1n) is 5.95. The minimum Gasteiger partial charge on any atom is -0.225 e. The normalized spacial score (nSPS) is 26.5. The first kappa shape index (κ1) is 10.5. The molecule has 1 heterocycles. The summed E-state index contributed by atoms with van der Waals surface area (Å²) in [5, 5.41) is 0. The van der Waals surface area contributed by atoms with Crippen LogP contribution in [0.1, 0.15) is 44.9 Å². The van der Waals surface area contributed by atoms with Crippen molar-refractivity contribution < 1.29 is 0 Å². The molecule has 1 fully saturated rings. The lowest BCUT2D eigenvalue weighted by atomic mass is 9.81. The average molecular weight is 205 g/mol. The van der Waals surface area contributed by atoms with Gasteiger partial charge in [-0.25, -0.2) is 15.0 Å². The van der Waals surface area contributed by atoms with Crippen molar-refractivity contribution in [2.45, 2.75) is 45.4 Å². The van der Waals surface area contributed by atoms with Crippen molar-refractivity contribution in [3.63, 3.8) is 0 Å². The molecule has 1 aliphatic carbocycles. The summed E-state index contributed by atoms with van der Waals surface area (Å²) < 4.78 is 0. The highest BCUT2D eigenvalue weighted by Gasteiger charge is 2.17. The lowest BCUT2D eigenvalue weighted by Gasteiger charge is -2.25. The van der Waals surface area contributed by atoms with Crippen LogP contribution in [0.2, 0.25) is 0 Å². The number of rotatable bonds is 3. The molecule has 0 radical (unpaired) electrons. The molecule has 0 bridgehead atoms. The highest BCUT2D eigenvalue weighted by molar-refractivity contribution is 4.83. The SMILES string of the molecule is CC1CCC(CCc2ncncn2)CC1. The highest BCUT2D eigenvalue weighted by Crippen LogP contribution is 2.30. The van der Waals surface area contributed by atoms with Crippen LogP contribution in [-0.4, -0.2) is 15.0 Å². The van der Waals surface area contributed by atoms with Crippen molar-refractivity contribution >= 4 is 0 Å². The molecule has 1 aromatic rings. The molecule has 0 aliphatic heterocycles. The zero-order chi connectivity index (χ0) is 10.5. The third kappa shape index (κ3) is 3.26. The van der Waals surface area contributed by atoms with Gasteiger partial charge in [-0.05, 0) is 18.3 Å². The van der Waals surface area contributed by atoms with Crippen molar-refractivity contribution in [2.75, 3.05) is 0 Å². The first-order valence-corrected chi connectivity index (χ1v) is 5.95. The standard InChI is InChI=1S/C12H19N3/c1-10-2-4-11(5-3-10)6-7-12-14-8-13-9-15-12/h8-11H,2-7H2,1H3. The number of aryl methyl sites for hydroxylation is 1. The molecule has 0 spiro atoms. The quantitative estimate of drug-likeness (QED) is 0.761. The molecular formula is C12H19N3. The lowest BCUT2D eigenvalue weighted by molar-refractivity contribution is 0.276. The largest absolute Gasteiger partial charge is 0.225 e. The summed E-state index contributed by atoms with van der Waals surface area (Å²) in [5.74, 6) is 2.79. The molecule has 0 amide bonds. The predicted octanol–water partition coefficient (Wildman–Crippen LogP) is 2.63. The van der Waals surface area contributed by atoms with E-state index in [0.29, 0.717) is 0 Å². The molecule has 3 heteroatoms. The van der Waals surface area contributed by atoms with Crippen molar-refractivity contribution in [1.29, 1.82) is 0 Å². The van der Waals surface area contributed by atoms with E-state index in [2.05, 4.69) is 21.9 Å². The third-order valence-electron chi connectivity index (χ3n) is 3.46. The molecule has 0 N–H and O–H groups in total. The Morgan fingerprint density at radius 2 is 1.80 bits per heavy atom. The van der Waals surface area contributed by atoms with Crippen molar-refractivity contribution in [2.24, 2.45) is 11.8 Å². The fourth-order valence-corrected chi connectivity index (χ4v) is 2.34. The van der Waals surface area contributed by atoms with Gasteiger partial charge in [-0.3, -0.25) is 0 Å².